The summed E-state index contributed by atoms with van der Waals surface area (Å²) in [5, 5.41) is 3.34. The molecule has 0 heterocycles. The lowest BCUT2D eigenvalue weighted by Gasteiger charge is -2.18. The third kappa shape index (κ3) is 5.06. The Morgan fingerprint density at radius 3 is 2.56 bits per heavy atom. The van der Waals surface area contributed by atoms with Crippen molar-refractivity contribution >= 4 is 41.7 Å². The van der Waals surface area contributed by atoms with Gasteiger partial charge in [0.05, 0.1) is 0 Å². The van der Waals surface area contributed by atoms with E-state index in [1.807, 2.05) is 19.0 Å². The molecule has 0 aliphatic rings. The van der Waals surface area contributed by atoms with E-state index in [0.29, 0.717) is 0 Å². The molecule has 1 aromatic carbocycles. The van der Waals surface area contributed by atoms with Gasteiger partial charge in [0.25, 0.3) is 0 Å². The first-order chi connectivity index (χ1) is 8.08. The SMILES string of the molecule is CN=C(NCc1ccc(C)cc1SC)N(C)C.I. The highest BCUT2D eigenvalue weighted by molar-refractivity contribution is 14.0. The van der Waals surface area contributed by atoms with Crippen LogP contribution in [-0.4, -0.2) is 38.3 Å². The summed E-state index contributed by atoms with van der Waals surface area (Å²) < 4.78 is 0. The van der Waals surface area contributed by atoms with Gasteiger partial charge in [0.15, 0.2) is 5.96 Å². The summed E-state index contributed by atoms with van der Waals surface area (Å²) in [4.78, 5) is 7.51. The quantitative estimate of drug-likeness (QED) is 0.379. The van der Waals surface area contributed by atoms with Crippen LogP contribution < -0.4 is 5.32 Å². The number of nitrogens with zero attached hydrogens (tertiary/aromatic N) is 2. The number of hydrogen-bond acceptors (Lipinski definition) is 2. The zero-order chi connectivity index (χ0) is 12.8. The van der Waals surface area contributed by atoms with Crippen LogP contribution in [0.5, 0.6) is 0 Å². The lowest BCUT2D eigenvalue weighted by molar-refractivity contribution is 0.582. The minimum atomic E-state index is 0. The lowest BCUT2D eigenvalue weighted by atomic mass is 10.1. The van der Waals surface area contributed by atoms with E-state index in [4.69, 9.17) is 0 Å². The Morgan fingerprint density at radius 2 is 2.06 bits per heavy atom. The van der Waals surface area contributed by atoms with Gasteiger partial charge in [-0.05, 0) is 30.4 Å². The molecule has 3 nitrogen and oxygen atoms in total. The van der Waals surface area contributed by atoms with Crippen LogP contribution in [-0.2, 0) is 6.54 Å². The zero-order valence-corrected chi connectivity index (χ0v) is 14.8. The Kier molecular flexibility index (Phi) is 8.43. The molecule has 102 valence electrons. The van der Waals surface area contributed by atoms with Gasteiger partial charge >= 0.3 is 0 Å². The third-order valence-corrected chi connectivity index (χ3v) is 3.33. The van der Waals surface area contributed by atoms with Crippen molar-refractivity contribution in [2.45, 2.75) is 18.4 Å². The first kappa shape index (κ1) is 17.6. The molecule has 0 spiro atoms. The van der Waals surface area contributed by atoms with Gasteiger partial charge in [-0.3, -0.25) is 4.99 Å². The predicted molar refractivity (Wildman–Crippen MR) is 92.3 cm³/mol. The lowest BCUT2D eigenvalue weighted by Crippen LogP contribution is -2.35. The van der Waals surface area contributed by atoms with Gasteiger partial charge in [0, 0.05) is 32.6 Å². The minimum Gasteiger partial charge on any atom is -0.352 e. The van der Waals surface area contributed by atoms with Gasteiger partial charge in [-0.15, -0.1) is 35.7 Å². The van der Waals surface area contributed by atoms with Gasteiger partial charge < -0.3 is 10.2 Å². The van der Waals surface area contributed by atoms with E-state index in [1.165, 1.54) is 16.0 Å². The first-order valence-corrected chi connectivity index (χ1v) is 6.82. The monoisotopic (exact) mass is 379 g/mol. The molecule has 5 heteroatoms. The van der Waals surface area contributed by atoms with Crippen LogP contribution in [0.4, 0.5) is 0 Å². The normalized spacial score (nSPS) is 10.8. The van der Waals surface area contributed by atoms with E-state index >= 15 is 0 Å². The largest absolute Gasteiger partial charge is 0.352 e. The highest BCUT2D eigenvalue weighted by Gasteiger charge is 2.04. The van der Waals surface area contributed by atoms with Crippen molar-refractivity contribution < 1.29 is 0 Å². The fourth-order valence-electron chi connectivity index (χ4n) is 1.61. The van der Waals surface area contributed by atoms with E-state index < -0.39 is 0 Å². The van der Waals surface area contributed by atoms with Crippen LogP contribution in [0, 0.1) is 6.92 Å². The van der Waals surface area contributed by atoms with Gasteiger partial charge in [-0.2, -0.15) is 0 Å². The maximum atomic E-state index is 4.20. The molecule has 0 saturated carbocycles. The zero-order valence-electron chi connectivity index (χ0n) is 11.7. The highest BCUT2D eigenvalue weighted by Crippen LogP contribution is 2.21. The number of halogens is 1. The van der Waals surface area contributed by atoms with Crippen molar-refractivity contribution in [1.29, 1.82) is 0 Å². The van der Waals surface area contributed by atoms with Gasteiger partial charge in [0.2, 0.25) is 0 Å². The van der Waals surface area contributed by atoms with Crippen LogP contribution in [0.25, 0.3) is 0 Å². The minimum absolute atomic E-state index is 0. The third-order valence-electron chi connectivity index (χ3n) is 2.51. The van der Waals surface area contributed by atoms with Gasteiger partial charge in [0.1, 0.15) is 0 Å². The van der Waals surface area contributed by atoms with Crippen LogP contribution in [0.1, 0.15) is 11.1 Å². The fraction of sp³-hybridized carbons (Fsp3) is 0.462. The summed E-state index contributed by atoms with van der Waals surface area (Å²) in [7, 11) is 5.77. The molecule has 0 radical (unpaired) electrons. The van der Waals surface area contributed by atoms with Crippen LogP contribution >= 0.6 is 35.7 Å². The summed E-state index contributed by atoms with van der Waals surface area (Å²) in [6, 6.07) is 6.55. The second-order valence-electron chi connectivity index (χ2n) is 4.11. The number of aryl methyl sites for hydroxylation is 1. The summed E-state index contributed by atoms with van der Waals surface area (Å²) in [5.41, 5.74) is 2.61. The van der Waals surface area contributed by atoms with Gasteiger partial charge in [-0.25, -0.2) is 0 Å². The Balaban J connectivity index is 0.00000289. The summed E-state index contributed by atoms with van der Waals surface area (Å²) in [5.74, 6) is 0.901. The molecule has 1 aromatic rings. The van der Waals surface area contributed by atoms with Crippen molar-refractivity contribution in [2.75, 3.05) is 27.4 Å². The molecular weight excluding hydrogens is 357 g/mol. The molecule has 0 amide bonds. The van der Waals surface area contributed by atoms with Crippen LogP contribution in [0.3, 0.4) is 0 Å². The van der Waals surface area contributed by atoms with Crippen molar-refractivity contribution in [3.8, 4) is 0 Å². The summed E-state index contributed by atoms with van der Waals surface area (Å²) in [6.45, 7) is 2.93. The smallest absolute Gasteiger partial charge is 0.193 e. The molecule has 0 saturated heterocycles. The summed E-state index contributed by atoms with van der Waals surface area (Å²) in [6.07, 6.45) is 2.11. The molecule has 0 aliphatic heterocycles. The Labute approximate surface area is 131 Å². The summed E-state index contributed by atoms with van der Waals surface area (Å²) >= 11 is 1.78. The molecule has 0 atom stereocenters. The molecular formula is C13H22IN3S. The molecule has 18 heavy (non-hydrogen) atoms. The van der Waals surface area contributed by atoms with E-state index in [9.17, 15) is 0 Å². The molecule has 0 aromatic heterocycles. The average Bonchev–Trinajstić information content (AvgIpc) is 2.31. The maximum Gasteiger partial charge on any atom is 0.193 e. The molecule has 0 bridgehead atoms. The molecule has 0 unspecified atom stereocenters. The number of aliphatic imine (C=N–C) groups is 1. The van der Waals surface area contributed by atoms with Crippen LogP contribution in [0.15, 0.2) is 28.1 Å². The van der Waals surface area contributed by atoms with E-state index in [2.05, 4.69) is 41.7 Å². The maximum absolute atomic E-state index is 4.20. The Morgan fingerprint density at radius 1 is 1.39 bits per heavy atom. The molecule has 0 aliphatic carbocycles. The second-order valence-corrected chi connectivity index (χ2v) is 4.96. The average molecular weight is 379 g/mol. The number of thioether (sulfide) groups is 1. The van der Waals surface area contributed by atoms with Crippen molar-refractivity contribution in [3.63, 3.8) is 0 Å². The first-order valence-electron chi connectivity index (χ1n) is 5.60. The van der Waals surface area contributed by atoms with Gasteiger partial charge in [-0.1, -0.05) is 12.1 Å². The van der Waals surface area contributed by atoms with E-state index in [-0.39, 0.29) is 24.0 Å². The Hall–Kier alpha value is -0.430. The molecule has 0 fully saturated rings. The number of guanidine groups is 1. The Bertz CT molecular complexity index is 405. The number of hydrogen-bond donors (Lipinski definition) is 1. The number of nitrogens with one attached hydrogen (secondary N) is 1. The molecule has 1 N–H and O–H groups in total. The highest BCUT2D eigenvalue weighted by atomic mass is 127. The number of rotatable bonds is 3. The van der Waals surface area contributed by atoms with Crippen molar-refractivity contribution in [2.24, 2.45) is 4.99 Å². The van der Waals surface area contributed by atoms with Crippen LogP contribution in [0.2, 0.25) is 0 Å². The standard InChI is InChI=1S/C13H21N3S.HI/c1-10-6-7-11(12(8-10)17-5)9-15-13(14-2)16(3)4;/h6-8H,9H2,1-5H3,(H,14,15);1H. The topological polar surface area (TPSA) is 27.6 Å². The second kappa shape index (κ2) is 8.63. The molecule has 1 rings (SSSR count). The predicted octanol–water partition coefficient (Wildman–Crippen LogP) is 2.97. The van der Waals surface area contributed by atoms with Crippen molar-refractivity contribution in [1.82, 2.24) is 10.2 Å². The fourth-order valence-corrected chi connectivity index (χ4v) is 2.32. The van der Waals surface area contributed by atoms with E-state index in [0.717, 1.165) is 12.5 Å². The number of benzene rings is 1. The van der Waals surface area contributed by atoms with Crippen molar-refractivity contribution in [3.05, 3.63) is 29.3 Å². The van der Waals surface area contributed by atoms with E-state index in [1.54, 1.807) is 18.8 Å².